The Morgan fingerprint density at radius 2 is 0.424 bits per heavy atom. The van der Waals surface area contributed by atoms with Crippen molar-refractivity contribution in [3.63, 3.8) is 0 Å². The van der Waals surface area contributed by atoms with Crippen LogP contribution in [0.1, 0.15) is 6.92 Å². The Kier molecular flexibility index (Phi) is 36.7. The summed E-state index contributed by atoms with van der Waals surface area (Å²) in [7, 11) is 0. The average molecular weight is 1840 g/mol. The molecule has 0 saturated carbocycles. The van der Waals surface area contributed by atoms with Crippen molar-refractivity contribution in [2.24, 2.45) is 0 Å². The standard InChI is InChI=1S/C68H115NO56/c1-13(79)69-25-36(90)50(22(10-78)107-58(25)104)118-64-49(103)53(121-67-57(43(97)32(86)19(7-75)114-67)125-68-56(42(96)31(85)20(8-76)115-68)124-63-48(102)51(33(87)21(9-77)111-63)119-60-44(98)37(91)26(80)14(2-70)108-60)35(89)24(117-64)11-105-59-47(101)52(120-66-55(41(95)30(84)18(6-74)113-66)123-62-46(100)39(93)28(82)16(4-72)110-62)34(88)23(116-59)12-106-65-54(40(94)29(83)17(5-73)112-65)122-61-45(99)38(92)27(81)15(3-71)109-61/h14-68,70-78,80-104H,2-12H2,1H3,(H,69,79)/t14-,15-,16-,17-,18-,19-,20-,21-,22-,23-,24-,25-,26-,27-,28-,29-,30-,31-,32-,33-,34-,35-,36-,37+,38+,39+,40+,41+,42+,43+,44-,45+,46+,47+,48+,49+,50-,51+,52+,53+,54+,55+,56+,57+,58-,59+,60-,61-,62-,63-,64+,65+,66-,67-,68-/m1/s1. The third kappa shape index (κ3) is 21.8. The summed E-state index contributed by atoms with van der Waals surface area (Å²) < 4.78 is 123. The molecule has 0 aromatic heterocycles. The van der Waals surface area contributed by atoms with Crippen LogP contribution in [0.15, 0.2) is 0 Å². The van der Waals surface area contributed by atoms with Gasteiger partial charge in [0.25, 0.3) is 0 Å². The van der Waals surface area contributed by atoms with E-state index in [9.17, 15) is 178 Å². The lowest BCUT2D eigenvalue weighted by Gasteiger charge is -2.51. The molecule has 11 saturated heterocycles. The lowest BCUT2D eigenvalue weighted by molar-refractivity contribution is -0.411. The molecule has 0 spiro atoms. The van der Waals surface area contributed by atoms with Gasteiger partial charge in [0.1, 0.15) is 269 Å². The molecule has 11 heterocycles. The van der Waals surface area contributed by atoms with E-state index in [0.29, 0.717) is 0 Å². The van der Waals surface area contributed by atoms with Crippen molar-refractivity contribution in [3.8, 4) is 0 Å². The van der Waals surface area contributed by atoms with Crippen LogP contribution in [0.2, 0.25) is 0 Å². The number of hydrogen-bond acceptors (Lipinski definition) is 56. The molecule has 0 radical (unpaired) electrons. The van der Waals surface area contributed by atoms with Gasteiger partial charge in [-0.2, -0.15) is 0 Å². The molecule has 0 aromatic carbocycles. The van der Waals surface area contributed by atoms with Crippen molar-refractivity contribution in [2.75, 3.05) is 72.7 Å². The molecule has 57 nitrogen and oxygen atoms in total. The Labute approximate surface area is 704 Å². The monoisotopic (exact) mass is 1840 g/mol. The second kappa shape index (κ2) is 44.6. The highest BCUT2D eigenvalue weighted by Crippen LogP contribution is 2.42. The maximum absolute atomic E-state index is 12.7. The largest absolute Gasteiger partial charge is 0.394 e. The Bertz CT molecular complexity index is 3250. The van der Waals surface area contributed by atoms with Crippen molar-refractivity contribution >= 4 is 5.91 Å². The van der Waals surface area contributed by atoms with Crippen LogP contribution in [0.4, 0.5) is 0 Å². The number of aliphatic hydroxyl groups is 34. The van der Waals surface area contributed by atoms with Crippen molar-refractivity contribution in [1.82, 2.24) is 5.32 Å². The normalized spacial score (nSPS) is 52.7. The van der Waals surface area contributed by atoms with Crippen LogP contribution >= 0.6 is 0 Å². The van der Waals surface area contributed by atoms with Gasteiger partial charge in [0.15, 0.2) is 69.2 Å². The van der Waals surface area contributed by atoms with Crippen LogP contribution in [-0.2, 0) is 104 Å². The molecular weight excluding hydrogens is 1730 g/mol. The number of aliphatic hydroxyl groups excluding tert-OH is 34. The van der Waals surface area contributed by atoms with Gasteiger partial charge in [0.2, 0.25) is 5.91 Å². The first-order chi connectivity index (χ1) is 59.3. The van der Waals surface area contributed by atoms with Gasteiger partial charge in [-0.3, -0.25) is 4.79 Å². The topological polar surface area (TPSA) is 911 Å². The number of rotatable bonds is 32. The minimum atomic E-state index is -2.63. The predicted molar refractivity (Wildman–Crippen MR) is 374 cm³/mol. The van der Waals surface area contributed by atoms with Crippen LogP contribution in [0, 0.1) is 0 Å². The van der Waals surface area contributed by atoms with Crippen molar-refractivity contribution in [1.29, 1.82) is 0 Å². The molecular formula is C68H115NO56. The number of nitrogens with one attached hydrogen (secondary N) is 1. The highest BCUT2D eigenvalue weighted by atomic mass is 16.8. The van der Waals surface area contributed by atoms with Crippen LogP contribution in [0.25, 0.3) is 0 Å². The minimum Gasteiger partial charge on any atom is -0.394 e. The van der Waals surface area contributed by atoms with Gasteiger partial charge in [-0.25, -0.2) is 0 Å². The van der Waals surface area contributed by atoms with Gasteiger partial charge in [-0.1, -0.05) is 0 Å². The first-order valence-electron chi connectivity index (χ1n) is 39.7. The number of hydrogen-bond donors (Lipinski definition) is 35. The predicted octanol–water partition coefficient (Wildman–Crippen LogP) is -24.8. The molecule has 0 aliphatic carbocycles. The lowest BCUT2D eigenvalue weighted by atomic mass is 9.94. The second-order valence-electron chi connectivity index (χ2n) is 31.6. The van der Waals surface area contributed by atoms with Crippen LogP contribution < -0.4 is 5.32 Å². The molecule has 728 valence electrons. The quantitative estimate of drug-likeness (QED) is 0.0297. The maximum Gasteiger partial charge on any atom is 0.217 e. The maximum atomic E-state index is 12.7. The minimum absolute atomic E-state index is 0.906. The van der Waals surface area contributed by atoms with E-state index in [1.165, 1.54) is 0 Å². The van der Waals surface area contributed by atoms with E-state index in [1.807, 2.05) is 0 Å². The zero-order valence-electron chi connectivity index (χ0n) is 65.7. The van der Waals surface area contributed by atoms with E-state index >= 15 is 0 Å². The van der Waals surface area contributed by atoms with E-state index < -0.39 is 416 Å². The summed E-state index contributed by atoms with van der Waals surface area (Å²) in [6.45, 7) is -11.8. The first-order valence-corrected chi connectivity index (χ1v) is 39.7. The fraction of sp³-hybridized carbons (Fsp3) is 0.985. The number of carbonyl (C=O) groups excluding carboxylic acids is 1. The molecule has 11 aliphatic heterocycles. The second-order valence-corrected chi connectivity index (χ2v) is 31.6. The molecule has 57 heteroatoms. The SMILES string of the molecule is CC(=O)N[C@@H]1[C@@H](O)[C@H](O[C@@H]2O[C@H](CO[C@H]3O[C@H](CO[C@H]4O[C@H](CO)[C@@H](O)[C@H](O)[C@@H]4O[C@H]4O[C@H](CO)[C@@H](O)[C@H](O)[C@@H]4O)[C@@H](O)[C@H](O[C@H]4O[C@H](CO)[C@@H](O)[C@H](O)[C@@H]4O[C@H]4O[C@H](CO)[C@@H](O)[C@H](O)[C@@H]4O)[C@@H]3O)[C@@H](O)[C@H](O[C@H]3O[C@H](CO)[C@@H](O)[C@H](O)[C@@H]3O[C@H]3O[C@H](CO)[C@@H](O)[C@H](O)[C@@H]3O[C@H]3O[C@H](CO)[C@@H](O)[C@H](O[C@H]4O[C@H](CO)[C@@H](O)[C@H](O)[C@H]4O)[C@@H]3O)[C@@H]2O)[C@@H](CO)O[C@H]1O. The first kappa shape index (κ1) is 103. The number of ether oxygens (including phenoxy) is 21. The van der Waals surface area contributed by atoms with Gasteiger partial charge in [0, 0.05) is 6.92 Å². The summed E-state index contributed by atoms with van der Waals surface area (Å²) in [5.74, 6) is -0.906. The molecule has 0 bridgehead atoms. The third-order valence-electron chi connectivity index (χ3n) is 23.4. The Morgan fingerprint density at radius 1 is 0.208 bits per heavy atom. The fourth-order valence-corrected chi connectivity index (χ4v) is 16.0. The van der Waals surface area contributed by atoms with Crippen LogP contribution in [-0.4, -0.2) is 590 Å². The van der Waals surface area contributed by atoms with Crippen molar-refractivity contribution in [2.45, 2.75) is 345 Å². The van der Waals surface area contributed by atoms with E-state index in [4.69, 9.17) is 99.5 Å². The highest BCUT2D eigenvalue weighted by molar-refractivity contribution is 5.73. The van der Waals surface area contributed by atoms with Gasteiger partial charge < -0.3 is 278 Å². The molecule has 125 heavy (non-hydrogen) atoms. The van der Waals surface area contributed by atoms with Crippen molar-refractivity contribution < 1.29 is 278 Å². The van der Waals surface area contributed by atoms with Crippen molar-refractivity contribution in [3.05, 3.63) is 0 Å². The van der Waals surface area contributed by atoms with E-state index in [-0.39, 0.29) is 0 Å². The number of amides is 1. The van der Waals surface area contributed by atoms with Gasteiger partial charge in [-0.05, 0) is 0 Å². The fourth-order valence-electron chi connectivity index (χ4n) is 16.0. The number of carbonyl (C=O) groups is 1. The van der Waals surface area contributed by atoms with E-state index in [1.54, 1.807) is 0 Å². The summed E-state index contributed by atoms with van der Waals surface area (Å²) in [5, 5.41) is 379. The zero-order chi connectivity index (χ0) is 91.7. The summed E-state index contributed by atoms with van der Waals surface area (Å²) in [5.41, 5.74) is 0. The highest BCUT2D eigenvalue weighted by Gasteiger charge is 2.62. The van der Waals surface area contributed by atoms with Crippen LogP contribution in [0.5, 0.6) is 0 Å². The summed E-state index contributed by atoms with van der Waals surface area (Å²) in [6, 6.07) is -1.85. The molecule has 0 unspecified atom stereocenters. The Hall–Kier alpha value is -2.73. The average Bonchev–Trinajstić information content (AvgIpc) is 0.767. The van der Waals surface area contributed by atoms with Gasteiger partial charge >= 0.3 is 0 Å². The van der Waals surface area contributed by atoms with Gasteiger partial charge in [0.05, 0.1) is 72.7 Å². The molecule has 11 fully saturated rings. The molecule has 0 aromatic rings. The Morgan fingerprint density at radius 3 is 0.744 bits per heavy atom. The van der Waals surface area contributed by atoms with Gasteiger partial charge in [-0.15, -0.1) is 0 Å². The molecule has 35 N–H and O–H groups in total. The zero-order valence-corrected chi connectivity index (χ0v) is 65.7. The summed E-state index contributed by atoms with van der Waals surface area (Å²) in [4.78, 5) is 12.4. The molecule has 1 amide bonds. The molecule has 11 rings (SSSR count). The molecule has 55 atom stereocenters. The van der Waals surface area contributed by atoms with E-state index in [0.717, 1.165) is 6.92 Å². The Balaban J connectivity index is 0.930. The third-order valence-corrected chi connectivity index (χ3v) is 23.4. The molecule has 11 aliphatic rings. The lowest BCUT2D eigenvalue weighted by Crippen LogP contribution is -2.69. The smallest absolute Gasteiger partial charge is 0.217 e. The summed E-state index contributed by atoms with van der Waals surface area (Å²) >= 11 is 0. The van der Waals surface area contributed by atoms with E-state index in [2.05, 4.69) is 5.32 Å². The summed E-state index contributed by atoms with van der Waals surface area (Å²) in [6.07, 6.45) is -119. The van der Waals surface area contributed by atoms with Crippen LogP contribution in [0.3, 0.4) is 0 Å².